The first-order valence-electron chi connectivity index (χ1n) is 6.04. The molecule has 0 radical (unpaired) electrons. The number of ether oxygens (including phenoxy) is 1. The molecule has 0 unspecified atom stereocenters. The van der Waals surface area contributed by atoms with Crippen molar-refractivity contribution in [1.82, 2.24) is 15.3 Å². The normalized spacial score (nSPS) is 11.2. The molecule has 4 N–H and O–H groups in total. The summed E-state index contributed by atoms with van der Waals surface area (Å²) in [5.41, 5.74) is 2.55. The molecule has 0 fully saturated rings. The largest absolute Gasteiger partial charge is 0.385 e. The Balaban J connectivity index is 2.55. The van der Waals surface area contributed by atoms with Crippen LogP contribution in [-0.2, 0) is 4.74 Å². The lowest BCUT2D eigenvalue weighted by atomic mass is 9.90. The average Bonchev–Trinajstić information content (AvgIpc) is 2.43. The van der Waals surface area contributed by atoms with Crippen molar-refractivity contribution in [2.45, 2.75) is 20.3 Å². The predicted octanol–water partition coefficient (Wildman–Crippen LogP) is 0.555. The van der Waals surface area contributed by atoms with Crippen LogP contribution >= 0.6 is 0 Å². The van der Waals surface area contributed by atoms with Gasteiger partial charge >= 0.3 is 0 Å². The Labute approximate surface area is 112 Å². The molecule has 1 heterocycles. The van der Waals surface area contributed by atoms with E-state index in [9.17, 15) is 4.79 Å². The molecule has 1 aromatic rings. The zero-order valence-electron chi connectivity index (χ0n) is 11.6. The first-order chi connectivity index (χ1) is 8.98. The number of carbonyl (C=O) groups is 1. The summed E-state index contributed by atoms with van der Waals surface area (Å²) in [6.45, 7) is 5.33. The first-order valence-corrected chi connectivity index (χ1v) is 6.04. The van der Waals surface area contributed by atoms with E-state index in [-0.39, 0.29) is 17.0 Å². The molecule has 7 heteroatoms. The maximum atomic E-state index is 11.9. The molecule has 106 valence electrons. The average molecular weight is 267 g/mol. The number of methoxy groups -OCH3 is 1. The zero-order valence-corrected chi connectivity index (χ0v) is 11.6. The third kappa shape index (κ3) is 5.19. The molecule has 0 bridgehead atoms. The number of carbonyl (C=O) groups excluding carboxylic acids is 1. The molecule has 1 rings (SSSR count). The summed E-state index contributed by atoms with van der Waals surface area (Å²) in [7, 11) is 1.66. The monoisotopic (exact) mass is 267 g/mol. The van der Waals surface area contributed by atoms with E-state index >= 15 is 0 Å². The highest BCUT2D eigenvalue weighted by Gasteiger charge is 2.19. The smallest absolute Gasteiger partial charge is 0.271 e. The highest BCUT2D eigenvalue weighted by Crippen LogP contribution is 2.18. The highest BCUT2D eigenvalue weighted by molar-refractivity contribution is 5.92. The summed E-state index contributed by atoms with van der Waals surface area (Å²) < 4.78 is 5.04. The lowest BCUT2D eigenvalue weighted by molar-refractivity contribution is 0.0915. The van der Waals surface area contributed by atoms with Gasteiger partial charge in [-0.3, -0.25) is 9.78 Å². The van der Waals surface area contributed by atoms with Crippen LogP contribution in [0.1, 0.15) is 30.8 Å². The molecular formula is C12H21N5O2. The second-order valence-corrected chi connectivity index (χ2v) is 5.02. The second kappa shape index (κ2) is 7.01. The minimum absolute atomic E-state index is 0.0389. The van der Waals surface area contributed by atoms with Crippen LogP contribution in [0.15, 0.2) is 12.4 Å². The van der Waals surface area contributed by atoms with Gasteiger partial charge in [0.1, 0.15) is 5.69 Å². The Kier molecular flexibility index (Phi) is 5.65. The molecule has 0 saturated heterocycles. The van der Waals surface area contributed by atoms with E-state index < -0.39 is 0 Å². The SMILES string of the molecule is COCCC(C)(C)CNC(=O)c1cncc(NN)n1. The van der Waals surface area contributed by atoms with Gasteiger partial charge < -0.3 is 15.5 Å². The van der Waals surface area contributed by atoms with Crippen molar-refractivity contribution in [2.24, 2.45) is 11.3 Å². The summed E-state index contributed by atoms with van der Waals surface area (Å²) in [4.78, 5) is 19.8. The molecule has 1 aromatic heterocycles. The number of aromatic nitrogens is 2. The van der Waals surface area contributed by atoms with E-state index in [0.717, 1.165) is 6.42 Å². The number of amides is 1. The molecule has 7 nitrogen and oxygen atoms in total. The standard InChI is InChI=1S/C12H21N5O2/c1-12(2,4-5-19-3)8-15-11(18)9-6-14-7-10(16-9)17-13/h6-7H,4-5,8,13H2,1-3H3,(H,15,18)(H,16,17). The van der Waals surface area contributed by atoms with Crippen molar-refractivity contribution < 1.29 is 9.53 Å². The molecule has 0 atom stereocenters. The number of nitrogens with one attached hydrogen (secondary N) is 2. The Morgan fingerprint density at radius 2 is 2.21 bits per heavy atom. The summed E-state index contributed by atoms with van der Waals surface area (Å²) in [6, 6.07) is 0. The molecule has 0 aliphatic carbocycles. The van der Waals surface area contributed by atoms with Crippen LogP contribution in [0.25, 0.3) is 0 Å². The Hall–Kier alpha value is -1.73. The van der Waals surface area contributed by atoms with Gasteiger partial charge in [-0.05, 0) is 11.8 Å². The molecule has 0 aromatic carbocycles. The Bertz CT molecular complexity index is 422. The van der Waals surface area contributed by atoms with Crippen LogP contribution in [0.5, 0.6) is 0 Å². The summed E-state index contributed by atoms with van der Waals surface area (Å²) in [5, 5.41) is 2.83. The van der Waals surface area contributed by atoms with Gasteiger partial charge in [-0.15, -0.1) is 0 Å². The topological polar surface area (TPSA) is 102 Å². The lowest BCUT2D eigenvalue weighted by Gasteiger charge is -2.24. The minimum Gasteiger partial charge on any atom is -0.385 e. The van der Waals surface area contributed by atoms with Gasteiger partial charge in [0.2, 0.25) is 0 Å². The number of hydrogen-bond acceptors (Lipinski definition) is 6. The molecule has 0 saturated carbocycles. The third-order valence-electron chi connectivity index (χ3n) is 2.73. The van der Waals surface area contributed by atoms with Crippen LogP contribution in [-0.4, -0.2) is 36.1 Å². The van der Waals surface area contributed by atoms with E-state index in [4.69, 9.17) is 10.6 Å². The fourth-order valence-corrected chi connectivity index (χ4v) is 1.42. The van der Waals surface area contributed by atoms with E-state index in [1.807, 2.05) is 0 Å². The Morgan fingerprint density at radius 1 is 1.47 bits per heavy atom. The molecule has 1 amide bonds. The fourth-order valence-electron chi connectivity index (χ4n) is 1.42. The van der Waals surface area contributed by atoms with Crippen molar-refractivity contribution in [3.05, 3.63) is 18.1 Å². The van der Waals surface area contributed by atoms with Gasteiger partial charge in [-0.1, -0.05) is 13.8 Å². The van der Waals surface area contributed by atoms with E-state index in [1.165, 1.54) is 12.4 Å². The summed E-state index contributed by atoms with van der Waals surface area (Å²) in [6.07, 6.45) is 3.71. The van der Waals surface area contributed by atoms with Crippen LogP contribution in [0.2, 0.25) is 0 Å². The first kappa shape index (κ1) is 15.3. The Morgan fingerprint density at radius 3 is 2.84 bits per heavy atom. The van der Waals surface area contributed by atoms with Crippen LogP contribution in [0.4, 0.5) is 5.82 Å². The highest BCUT2D eigenvalue weighted by atomic mass is 16.5. The van der Waals surface area contributed by atoms with Crippen LogP contribution < -0.4 is 16.6 Å². The van der Waals surface area contributed by atoms with Crippen molar-refractivity contribution >= 4 is 11.7 Å². The van der Waals surface area contributed by atoms with E-state index in [0.29, 0.717) is 19.0 Å². The zero-order chi connectivity index (χ0) is 14.3. The number of nitrogens with two attached hydrogens (primary N) is 1. The number of nitrogens with zero attached hydrogens (tertiary/aromatic N) is 2. The van der Waals surface area contributed by atoms with Crippen molar-refractivity contribution in [3.63, 3.8) is 0 Å². The number of hydrogen-bond donors (Lipinski definition) is 3. The maximum absolute atomic E-state index is 11.9. The predicted molar refractivity (Wildman–Crippen MR) is 72.4 cm³/mol. The summed E-state index contributed by atoms with van der Waals surface area (Å²) in [5.74, 6) is 5.30. The third-order valence-corrected chi connectivity index (χ3v) is 2.73. The summed E-state index contributed by atoms with van der Waals surface area (Å²) >= 11 is 0. The van der Waals surface area contributed by atoms with E-state index in [2.05, 4.69) is 34.6 Å². The lowest BCUT2D eigenvalue weighted by Crippen LogP contribution is -2.35. The molecular weight excluding hydrogens is 246 g/mol. The van der Waals surface area contributed by atoms with E-state index in [1.54, 1.807) is 7.11 Å². The van der Waals surface area contributed by atoms with Gasteiger partial charge in [0.15, 0.2) is 5.82 Å². The minimum atomic E-state index is -0.268. The van der Waals surface area contributed by atoms with Crippen LogP contribution in [0, 0.1) is 5.41 Å². The molecule has 0 aliphatic rings. The maximum Gasteiger partial charge on any atom is 0.271 e. The van der Waals surface area contributed by atoms with Gasteiger partial charge in [0, 0.05) is 20.3 Å². The molecule has 0 spiro atoms. The molecule has 0 aliphatic heterocycles. The van der Waals surface area contributed by atoms with Crippen LogP contribution in [0.3, 0.4) is 0 Å². The molecule has 19 heavy (non-hydrogen) atoms. The number of hydrazine groups is 1. The number of anilines is 1. The fraction of sp³-hybridized carbons (Fsp3) is 0.583. The van der Waals surface area contributed by atoms with Crippen molar-refractivity contribution in [1.29, 1.82) is 0 Å². The van der Waals surface area contributed by atoms with Gasteiger partial charge in [0.05, 0.1) is 12.4 Å². The van der Waals surface area contributed by atoms with Gasteiger partial charge in [-0.25, -0.2) is 10.8 Å². The van der Waals surface area contributed by atoms with Crippen molar-refractivity contribution in [3.8, 4) is 0 Å². The van der Waals surface area contributed by atoms with Crippen molar-refractivity contribution in [2.75, 3.05) is 25.7 Å². The quantitative estimate of drug-likeness (QED) is 0.492. The van der Waals surface area contributed by atoms with Gasteiger partial charge in [-0.2, -0.15) is 0 Å². The number of nitrogen functional groups attached to an aromatic ring is 1. The van der Waals surface area contributed by atoms with Gasteiger partial charge in [0.25, 0.3) is 5.91 Å². The second-order valence-electron chi connectivity index (χ2n) is 5.02. The number of rotatable bonds is 7.